The normalized spacial score (nSPS) is 11.1. The molecule has 0 unspecified atom stereocenters. The smallest absolute Gasteiger partial charge is 0.159 e. The molecule has 1 aromatic carbocycles. The molecule has 74 valence electrons. The Morgan fingerprint density at radius 1 is 0.929 bits per heavy atom. The van der Waals surface area contributed by atoms with Gasteiger partial charge in [-0.2, -0.15) is 0 Å². The lowest BCUT2D eigenvalue weighted by Gasteiger charge is -2.02. The predicted octanol–water partition coefficient (Wildman–Crippen LogP) is 5.57. The third-order valence-corrected chi connectivity index (χ3v) is 4.81. The van der Waals surface area contributed by atoms with Gasteiger partial charge < -0.3 is 4.98 Å². The van der Waals surface area contributed by atoms with E-state index in [1.54, 1.807) is 0 Å². The summed E-state index contributed by atoms with van der Waals surface area (Å²) in [6.07, 6.45) is 0. The molecule has 0 fully saturated rings. The average molecular weight is 305 g/mol. The van der Waals surface area contributed by atoms with Crippen molar-refractivity contribution in [1.29, 1.82) is 0 Å². The number of hydrogen-bond acceptors (Lipinski definition) is 2. The van der Waals surface area contributed by atoms with Gasteiger partial charge in [0.25, 0.3) is 0 Å². The number of fused-ring (bicyclic) bond motifs is 1. The fourth-order valence-electron chi connectivity index (χ4n) is 1.04. The first-order valence-electron chi connectivity index (χ1n) is 3.37. The monoisotopic (exact) mass is 303 g/mol. The minimum Gasteiger partial charge on any atom is -0.336 e. The van der Waals surface area contributed by atoms with Crippen molar-refractivity contribution >= 4 is 80.2 Å². The molecule has 1 N–H and O–H groups in total. The summed E-state index contributed by atoms with van der Waals surface area (Å²) in [7, 11) is 0. The van der Waals surface area contributed by atoms with Gasteiger partial charge in [0, 0.05) is 0 Å². The van der Waals surface area contributed by atoms with Gasteiger partial charge in [0.1, 0.15) is 0 Å². The highest BCUT2D eigenvalue weighted by atomic mass is 35.5. The summed E-state index contributed by atoms with van der Waals surface area (Å²) >= 11 is 30.0. The number of benzene rings is 1. The van der Waals surface area contributed by atoms with Crippen molar-refractivity contribution in [3.05, 3.63) is 24.0 Å². The Labute approximate surface area is 109 Å². The zero-order valence-corrected chi connectivity index (χ0v) is 11.0. The first-order chi connectivity index (χ1) is 6.52. The van der Waals surface area contributed by atoms with E-state index in [1.165, 1.54) is 11.3 Å². The summed E-state index contributed by atoms with van der Waals surface area (Å²) in [4.78, 5) is 2.91. The predicted molar refractivity (Wildman–Crippen MR) is 67.0 cm³/mol. The Bertz CT molecular complexity index is 523. The lowest BCUT2D eigenvalue weighted by atomic mass is 10.3. The van der Waals surface area contributed by atoms with Gasteiger partial charge in [-0.05, 0) is 12.2 Å². The highest BCUT2D eigenvalue weighted by molar-refractivity contribution is 7.73. The van der Waals surface area contributed by atoms with Gasteiger partial charge in [-0.3, -0.25) is 0 Å². The number of aromatic amines is 1. The Morgan fingerprint density at radius 3 is 2.14 bits per heavy atom. The Morgan fingerprint density at radius 2 is 1.50 bits per heavy atom. The van der Waals surface area contributed by atoms with Crippen LogP contribution in [0.3, 0.4) is 0 Å². The summed E-state index contributed by atoms with van der Waals surface area (Å²) in [5, 5.41) is 1.24. The van der Waals surface area contributed by atoms with E-state index in [4.69, 9.17) is 58.6 Å². The summed E-state index contributed by atoms with van der Waals surface area (Å²) in [6, 6.07) is 0. The molecule has 0 radical (unpaired) electrons. The molecule has 0 saturated carbocycles. The SMILES string of the molecule is S=c1[nH]c2c(Cl)c(Cl)c(Cl)c(Cl)c2s1. The fraction of sp³-hybridized carbons (Fsp3) is 0. The van der Waals surface area contributed by atoms with Crippen molar-refractivity contribution in [2.75, 3.05) is 0 Å². The summed E-state index contributed by atoms with van der Waals surface area (Å²) < 4.78 is 1.32. The zero-order valence-electron chi connectivity index (χ0n) is 6.33. The molecule has 2 aromatic rings. The van der Waals surface area contributed by atoms with Crippen LogP contribution in [0.25, 0.3) is 10.2 Å². The lowest BCUT2D eigenvalue weighted by Crippen LogP contribution is -1.77. The molecule has 7 heteroatoms. The number of halogens is 4. The van der Waals surface area contributed by atoms with Crippen molar-refractivity contribution in [2.45, 2.75) is 0 Å². The van der Waals surface area contributed by atoms with Crippen molar-refractivity contribution in [1.82, 2.24) is 4.98 Å². The minimum atomic E-state index is 0.245. The second kappa shape index (κ2) is 3.81. The van der Waals surface area contributed by atoms with Crippen molar-refractivity contribution in [2.24, 2.45) is 0 Å². The number of thiazole rings is 1. The summed E-state index contributed by atoms with van der Waals surface area (Å²) in [5.41, 5.74) is 0.640. The molecule has 0 atom stereocenters. The molecule has 14 heavy (non-hydrogen) atoms. The maximum absolute atomic E-state index is 5.99. The fourth-order valence-corrected chi connectivity index (χ4v) is 3.30. The molecule has 2 rings (SSSR count). The van der Waals surface area contributed by atoms with Gasteiger partial charge in [-0.25, -0.2) is 0 Å². The Balaban J connectivity index is 3.08. The van der Waals surface area contributed by atoms with Gasteiger partial charge in [-0.1, -0.05) is 46.4 Å². The molecule has 0 saturated heterocycles. The van der Waals surface area contributed by atoms with Gasteiger partial charge in [-0.15, -0.1) is 11.3 Å². The first-order valence-corrected chi connectivity index (χ1v) is 6.10. The topological polar surface area (TPSA) is 15.8 Å². The number of nitrogens with one attached hydrogen (secondary N) is 1. The van der Waals surface area contributed by atoms with Crippen molar-refractivity contribution < 1.29 is 0 Å². The molecule has 0 spiro atoms. The van der Waals surface area contributed by atoms with Crippen LogP contribution in [0.2, 0.25) is 20.1 Å². The summed E-state index contributed by atoms with van der Waals surface area (Å²) in [6.45, 7) is 0. The van der Waals surface area contributed by atoms with E-state index >= 15 is 0 Å². The van der Waals surface area contributed by atoms with E-state index in [1.807, 2.05) is 0 Å². The second-order valence-corrected chi connectivity index (χ2v) is 5.67. The van der Waals surface area contributed by atoms with Crippen molar-refractivity contribution in [3.8, 4) is 0 Å². The molecular formula is C7HCl4NS2. The Hall–Kier alpha value is 0.490. The van der Waals surface area contributed by atoms with Crippen molar-refractivity contribution in [3.63, 3.8) is 0 Å². The second-order valence-electron chi connectivity index (χ2n) is 2.47. The van der Waals surface area contributed by atoms with Crippen LogP contribution >= 0.6 is 70.0 Å². The van der Waals surface area contributed by atoms with Crippen LogP contribution in [-0.2, 0) is 0 Å². The van der Waals surface area contributed by atoms with Crippen LogP contribution < -0.4 is 0 Å². The molecular weight excluding hydrogens is 304 g/mol. The third-order valence-electron chi connectivity index (χ3n) is 1.65. The molecule has 1 aromatic heterocycles. The lowest BCUT2D eigenvalue weighted by molar-refractivity contribution is 1.47. The maximum atomic E-state index is 5.99. The minimum absolute atomic E-state index is 0.245. The van der Waals surface area contributed by atoms with Gasteiger partial charge >= 0.3 is 0 Å². The molecule has 0 bridgehead atoms. The number of hydrogen-bond donors (Lipinski definition) is 1. The van der Waals surface area contributed by atoms with Crippen LogP contribution in [0.4, 0.5) is 0 Å². The van der Waals surface area contributed by atoms with E-state index in [0.29, 0.717) is 19.5 Å². The zero-order chi connectivity index (χ0) is 10.5. The number of H-pyrrole nitrogens is 1. The first kappa shape index (κ1) is 11.0. The van der Waals surface area contributed by atoms with Crippen LogP contribution in [-0.4, -0.2) is 4.98 Å². The van der Waals surface area contributed by atoms with Gasteiger partial charge in [0.2, 0.25) is 0 Å². The third kappa shape index (κ3) is 1.56. The maximum Gasteiger partial charge on any atom is 0.159 e. The van der Waals surface area contributed by atoms with E-state index in [0.717, 1.165) is 4.70 Å². The standard InChI is InChI=1S/C7HCl4NS2/c8-1-2(9)4(11)6-5(3(1)10)12-7(13)14-6/h(H,12,13). The highest BCUT2D eigenvalue weighted by Crippen LogP contribution is 2.44. The van der Waals surface area contributed by atoms with E-state index in [-0.39, 0.29) is 10.0 Å². The van der Waals surface area contributed by atoms with E-state index in [2.05, 4.69) is 4.98 Å². The molecule has 0 aliphatic carbocycles. The van der Waals surface area contributed by atoms with E-state index < -0.39 is 0 Å². The van der Waals surface area contributed by atoms with Crippen LogP contribution in [0, 0.1) is 3.95 Å². The molecule has 1 nitrogen and oxygen atoms in total. The molecule has 0 aliphatic rings. The number of aromatic nitrogens is 1. The Kier molecular flexibility index (Phi) is 2.99. The van der Waals surface area contributed by atoms with Crippen LogP contribution in [0.15, 0.2) is 0 Å². The largest absolute Gasteiger partial charge is 0.336 e. The average Bonchev–Trinajstić information content (AvgIpc) is 2.54. The molecule has 0 amide bonds. The van der Waals surface area contributed by atoms with Gasteiger partial charge in [0.05, 0.1) is 30.3 Å². The van der Waals surface area contributed by atoms with Crippen LogP contribution in [0.1, 0.15) is 0 Å². The van der Waals surface area contributed by atoms with E-state index in [9.17, 15) is 0 Å². The highest BCUT2D eigenvalue weighted by Gasteiger charge is 2.16. The van der Waals surface area contributed by atoms with Crippen LogP contribution in [0.5, 0.6) is 0 Å². The summed E-state index contributed by atoms with van der Waals surface area (Å²) in [5.74, 6) is 0. The molecule has 0 aliphatic heterocycles. The molecule has 1 heterocycles. The number of rotatable bonds is 0. The quantitative estimate of drug-likeness (QED) is 0.382. The van der Waals surface area contributed by atoms with Gasteiger partial charge in [0.15, 0.2) is 3.95 Å².